The zero-order chi connectivity index (χ0) is 18.2. The molecule has 0 aromatic heterocycles. The van der Waals surface area contributed by atoms with E-state index in [1.54, 1.807) is 42.5 Å². The molecular formula is C17H15Cl2N3O3. The van der Waals surface area contributed by atoms with E-state index in [2.05, 4.69) is 15.8 Å². The van der Waals surface area contributed by atoms with Gasteiger partial charge in [0.25, 0.3) is 11.8 Å². The van der Waals surface area contributed by atoms with Gasteiger partial charge >= 0.3 is 0 Å². The third kappa shape index (κ3) is 5.48. The largest absolute Gasteiger partial charge is 0.497 e. The number of nitrogens with zero attached hydrogens (tertiary/aromatic N) is 1. The SMILES string of the molecule is COc1ccc(C(=O)NCC(=O)N/N=C\c2c(Cl)cccc2Cl)cc1. The Labute approximate surface area is 154 Å². The lowest BCUT2D eigenvalue weighted by Gasteiger charge is -2.05. The minimum atomic E-state index is -0.485. The van der Waals surface area contributed by atoms with Crippen LogP contribution in [0.5, 0.6) is 5.75 Å². The molecule has 2 rings (SSSR count). The zero-order valence-corrected chi connectivity index (χ0v) is 14.8. The lowest BCUT2D eigenvalue weighted by Crippen LogP contribution is -2.34. The summed E-state index contributed by atoms with van der Waals surface area (Å²) in [5.74, 6) is -0.223. The lowest BCUT2D eigenvalue weighted by molar-refractivity contribution is -0.120. The first-order chi connectivity index (χ1) is 12.0. The molecule has 2 N–H and O–H groups in total. The number of benzene rings is 2. The fourth-order valence-electron chi connectivity index (χ4n) is 1.85. The quantitative estimate of drug-likeness (QED) is 0.598. The van der Waals surface area contributed by atoms with Crippen LogP contribution in [-0.4, -0.2) is 31.7 Å². The summed E-state index contributed by atoms with van der Waals surface area (Å²) in [4.78, 5) is 23.6. The van der Waals surface area contributed by atoms with E-state index >= 15 is 0 Å². The summed E-state index contributed by atoms with van der Waals surface area (Å²) in [5, 5.41) is 7.10. The molecule has 2 amide bonds. The van der Waals surface area contributed by atoms with Crippen LogP contribution in [0.2, 0.25) is 10.0 Å². The van der Waals surface area contributed by atoms with E-state index in [1.165, 1.54) is 13.3 Å². The molecule has 0 heterocycles. The summed E-state index contributed by atoms with van der Waals surface area (Å²) in [5.41, 5.74) is 3.20. The van der Waals surface area contributed by atoms with Crippen LogP contribution in [0.4, 0.5) is 0 Å². The number of ether oxygens (including phenoxy) is 1. The van der Waals surface area contributed by atoms with Crippen molar-refractivity contribution >= 4 is 41.2 Å². The van der Waals surface area contributed by atoms with Crippen LogP contribution in [0.3, 0.4) is 0 Å². The Morgan fingerprint density at radius 1 is 1.12 bits per heavy atom. The minimum absolute atomic E-state index is 0.224. The maximum absolute atomic E-state index is 11.9. The zero-order valence-electron chi connectivity index (χ0n) is 13.3. The molecule has 0 radical (unpaired) electrons. The van der Waals surface area contributed by atoms with E-state index in [4.69, 9.17) is 27.9 Å². The van der Waals surface area contributed by atoms with Crippen molar-refractivity contribution in [3.8, 4) is 5.75 Å². The third-order valence-electron chi connectivity index (χ3n) is 3.14. The molecular weight excluding hydrogens is 365 g/mol. The molecule has 0 aliphatic carbocycles. The smallest absolute Gasteiger partial charge is 0.259 e. The Bertz CT molecular complexity index is 772. The Morgan fingerprint density at radius 3 is 2.36 bits per heavy atom. The van der Waals surface area contributed by atoms with E-state index in [0.29, 0.717) is 26.9 Å². The van der Waals surface area contributed by atoms with Crippen molar-refractivity contribution in [2.75, 3.05) is 13.7 Å². The molecule has 130 valence electrons. The molecule has 0 saturated carbocycles. The van der Waals surface area contributed by atoms with Crippen LogP contribution in [0.25, 0.3) is 0 Å². The first-order valence-corrected chi connectivity index (χ1v) is 7.95. The van der Waals surface area contributed by atoms with Crippen molar-refractivity contribution in [3.05, 3.63) is 63.6 Å². The molecule has 0 spiro atoms. The second kappa shape index (κ2) is 9.05. The van der Waals surface area contributed by atoms with Crippen molar-refractivity contribution in [2.24, 2.45) is 5.10 Å². The number of hydrogen-bond acceptors (Lipinski definition) is 4. The molecule has 2 aromatic rings. The molecule has 0 unspecified atom stereocenters. The van der Waals surface area contributed by atoms with E-state index in [0.717, 1.165) is 0 Å². The summed E-state index contributed by atoms with van der Waals surface area (Å²) in [6.07, 6.45) is 1.34. The van der Waals surface area contributed by atoms with Crippen LogP contribution >= 0.6 is 23.2 Å². The maximum atomic E-state index is 11.9. The second-order valence-electron chi connectivity index (χ2n) is 4.84. The molecule has 8 heteroatoms. The van der Waals surface area contributed by atoms with Crippen molar-refractivity contribution in [3.63, 3.8) is 0 Å². The summed E-state index contributed by atoms with van der Waals surface area (Å²) in [6.45, 7) is -0.224. The van der Waals surface area contributed by atoms with Crippen LogP contribution in [0.15, 0.2) is 47.6 Å². The summed E-state index contributed by atoms with van der Waals surface area (Å²) >= 11 is 12.0. The molecule has 2 aromatic carbocycles. The average molecular weight is 380 g/mol. The number of hydrazone groups is 1. The fourth-order valence-corrected chi connectivity index (χ4v) is 2.34. The Kier molecular flexibility index (Phi) is 6.80. The van der Waals surface area contributed by atoms with E-state index in [1.807, 2.05) is 0 Å². The van der Waals surface area contributed by atoms with Crippen LogP contribution in [-0.2, 0) is 4.79 Å². The van der Waals surface area contributed by atoms with Crippen molar-refractivity contribution in [2.45, 2.75) is 0 Å². The summed E-state index contributed by atoms with van der Waals surface area (Å²) in [7, 11) is 1.54. The predicted molar refractivity (Wildman–Crippen MR) is 97.5 cm³/mol. The number of hydrogen-bond donors (Lipinski definition) is 2. The fraction of sp³-hybridized carbons (Fsp3) is 0.118. The molecule has 0 saturated heterocycles. The molecule has 6 nitrogen and oxygen atoms in total. The number of methoxy groups -OCH3 is 1. The maximum Gasteiger partial charge on any atom is 0.259 e. The van der Waals surface area contributed by atoms with Crippen molar-refractivity contribution in [1.82, 2.24) is 10.7 Å². The van der Waals surface area contributed by atoms with Gasteiger partial charge in [-0.2, -0.15) is 5.10 Å². The molecule has 0 fully saturated rings. The highest BCUT2D eigenvalue weighted by Crippen LogP contribution is 2.21. The van der Waals surface area contributed by atoms with Gasteiger partial charge in [0, 0.05) is 11.1 Å². The van der Waals surface area contributed by atoms with Gasteiger partial charge in [0.15, 0.2) is 0 Å². The average Bonchev–Trinajstić information content (AvgIpc) is 2.62. The normalized spacial score (nSPS) is 10.5. The molecule has 0 atom stereocenters. The molecule has 0 bridgehead atoms. The van der Waals surface area contributed by atoms with Gasteiger partial charge in [-0.15, -0.1) is 0 Å². The number of carbonyl (C=O) groups excluding carboxylic acids is 2. The Hall–Kier alpha value is -2.57. The van der Waals surface area contributed by atoms with Gasteiger partial charge in [-0.3, -0.25) is 9.59 Å². The second-order valence-corrected chi connectivity index (χ2v) is 5.65. The van der Waals surface area contributed by atoms with Gasteiger partial charge in [0.1, 0.15) is 5.75 Å². The van der Waals surface area contributed by atoms with E-state index < -0.39 is 5.91 Å². The van der Waals surface area contributed by atoms with Gasteiger partial charge in [0.05, 0.1) is 29.9 Å². The van der Waals surface area contributed by atoms with Gasteiger partial charge in [-0.1, -0.05) is 29.3 Å². The van der Waals surface area contributed by atoms with Crippen molar-refractivity contribution < 1.29 is 14.3 Å². The summed E-state index contributed by atoms with van der Waals surface area (Å²) in [6, 6.07) is 11.5. The highest BCUT2D eigenvalue weighted by atomic mass is 35.5. The Morgan fingerprint density at radius 2 is 1.76 bits per heavy atom. The highest BCUT2D eigenvalue weighted by Gasteiger charge is 2.08. The monoisotopic (exact) mass is 379 g/mol. The van der Waals surface area contributed by atoms with Gasteiger partial charge in [0.2, 0.25) is 0 Å². The standard InChI is InChI=1S/C17H15Cl2N3O3/c1-25-12-7-5-11(6-8-12)17(24)20-10-16(23)22-21-9-13-14(18)3-2-4-15(13)19/h2-9H,10H2,1H3,(H,20,24)(H,22,23)/b21-9-. The first-order valence-electron chi connectivity index (χ1n) is 7.19. The molecule has 25 heavy (non-hydrogen) atoms. The van der Waals surface area contributed by atoms with E-state index in [-0.39, 0.29) is 12.5 Å². The topological polar surface area (TPSA) is 79.8 Å². The number of carbonyl (C=O) groups is 2. The lowest BCUT2D eigenvalue weighted by atomic mass is 10.2. The van der Waals surface area contributed by atoms with Gasteiger partial charge in [-0.05, 0) is 36.4 Å². The number of halogens is 2. The van der Waals surface area contributed by atoms with Crippen LogP contribution < -0.4 is 15.5 Å². The number of rotatable bonds is 6. The van der Waals surface area contributed by atoms with Crippen LogP contribution in [0, 0.1) is 0 Å². The van der Waals surface area contributed by atoms with Crippen molar-refractivity contribution in [1.29, 1.82) is 0 Å². The van der Waals surface area contributed by atoms with Gasteiger partial charge < -0.3 is 10.1 Å². The van der Waals surface area contributed by atoms with Gasteiger partial charge in [-0.25, -0.2) is 5.43 Å². The molecule has 0 aliphatic heterocycles. The Balaban J connectivity index is 1.84. The third-order valence-corrected chi connectivity index (χ3v) is 3.80. The van der Waals surface area contributed by atoms with E-state index in [9.17, 15) is 9.59 Å². The molecule has 0 aliphatic rings. The number of nitrogens with one attached hydrogen (secondary N) is 2. The highest BCUT2D eigenvalue weighted by molar-refractivity contribution is 6.38. The first kappa shape index (κ1) is 18.8. The summed E-state index contributed by atoms with van der Waals surface area (Å²) < 4.78 is 5.01. The predicted octanol–water partition coefficient (Wildman–Crippen LogP) is 2.88. The minimum Gasteiger partial charge on any atom is -0.497 e. The van der Waals surface area contributed by atoms with Crippen LogP contribution in [0.1, 0.15) is 15.9 Å². The number of amides is 2.